The molecule has 1 unspecified atom stereocenters. The molecule has 0 saturated carbocycles. The fraction of sp³-hybridized carbons (Fsp3) is 0.300. The van der Waals surface area contributed by atoms with Crippen LogP contribution in [0.3, 0.4) is 0 Å². The quantitative estimate of drug-likeness (QED) is 0.275. The van der Waals surface area contributed by atoms with Crippen LogP contribution >= 0.6 is 9.90 Å². The van der Waals surface area contributed by atoms with Crippen LogP contribution in [0.2, 0.25) is 0 Å². The monoisotopic (exact) mass is 292 g/mol. The molecule has 0 aromatic heterocycles. The average Bonchev–Trinajstić information content (AvgIpc) is 2.34. The van der Waals surface area contributed by atoms with Crippen molar-refractivity contribution in [3.63, 3.8) is 0 Å². The minimum atomic E-state index is -1.73. The highest BCUT2D eigenvalue weighted by molar-refractivity contribution is 6.92. The number of halogens is 5. The van der Waals surface area contributed by atoms with Gasteiger partial charge in [0.15, 0.2) is 11.6 Å². The Labute approximate surface area is 105 Å². The van der Waals surface area contributed by atoms with E-state index in [1.807, 2.05) is 0 Å². The second-order valence-electron chi connectivity index (χ2n) is 3.37. The molecule has 1 rings (SSSR count). The van der Waals surface area contributed by atoms with Crippen LogP contribution in [-0.2, 0) is 4.79 Å². The molecule has 1 atom stereocenters. The van der Waals surface area contributed by atoms with Crippen LogP contribution in [0.15, 0.2) is 6.07 Å². The summed E-state index contributed by atoms with van der Waals surface area (Å²) in [6.07, 6.45) is 0. The highest BCUT2D eigenvalue weighted by Crippen LogP contribution is 2.26. The summed E-state index contributed by atoms with van der Waals surface area (Å²) in [6.45, 7) is 2.82. The second kappa shape index (κ2) is 7.26. The summed E-state index contributed by atoms with van der Waals surface area (Å²) in [6, 6.07) is 0.0391. The van der Waals surface area contributed by atoms with Gasteiger partial charge in [-0.3, -0.25) is 9.51 Å². The summed E-state index contributed by atoms with van der Waals surface area (Å²) in [7, 11) is 0. The van der Waals surface area contributed by atoms with Crippen molar-refractivity contribution in [3.8, 4) is 5.75 Å². The lowest BCUT2D eigenvalue weighted by Crippen LogP contribution is -2.17. The van der Waals surface area contributed by atoms with Crippen molar-refractivity contribution in [2.75, 3.05) is 0 Å². The molecule has 0 amide bonds. The number of hydrogen-bond acceptors (Lipinski definition) is 2. The zero-order chi connectivity index (χ0) is 14.5. The van der Waals surface area contributed by atoms with E-state index in [4.69, 9.17) is 4.72 Å². The molecule has 0 saturated heterocycles. The van der Waals surface area contributed by atoms with Gasteiger partial charge >= 0.3 is 5.97 Å². The molecule has 0 aliphatic rings. The van der Waals surface area contributed by atoms with E-state index < -0.39 is 40.9 Å². The molecule has 0 heterocycles. The zero-order valence-corrected chi connectivity index (χ0v) is 11.0. The van der Waals surface area contributed by atoms with Crippen molar-refractivity contribution >= 4 is 15.9 Å². The van der Waals surface area contributed by atoms with E-state index >= 15 is 0 Å². The molecule has 104 valence electrons. The molecule has 0 aliphatic carbocycles. The summed E-state index contributed by atoms with van der Waals surface area (Å²) >= 11 is 0. The van der Waals surface area contributed by atoms with Crippen LogP contribution in [0.5, 0.6) is 5.75 Å². The SMILES string of the molecule is CC(C)C(=O)Oc1c(F)c(F)cc(F)c1F.P.[3H]F. The topological polar surface area (TPSA) is 26.3 Å². The predicted octanol–water partition coefficient (Wildman–Crippen LogP) is 3.02. The fourth-order valence-corrected chi connectivity index (χ4v) is 0.859. The number of hydrogen-bond donors (Lipinski definition) is 0. The number of carbonyl (C=O) groups is 1. The van der Waals surface area contributed by atoms with E-state index in [0.29, 0.717) is 0 Å². The first-order chi connectivity index (χ1) is 8.34. The van der Waals surface area contributed by atoms with Crippen LogP contribution in [0, 0.1) is 29.2 Å². The lowest BCUT2D eigenvalue weighted by atomic mass is 10.2. The molecule has 1 aromatic carbocycles. The van der Waals surface area contributed by atoms with Gasteiger partial charge in [0.25, 0.3) is 1.45 Å². The molecular weight excluding hydrogens is 278 g/mol. The number of benzene rings is 1. The lowest BCUT2D eigenvalue weighted by Gasteiger charge is -2.09. The van der Waals surface area contributed by atoms with E-state index in [1.54, 1.807) is 0 Å². The molecule has 0 spiro atoms. The normalized spacial score (nSPS) is 9.89. The Hall–Kier alpha value is -1.23. The first-order valence-corrected chi connectivity index (χ1v) is 4.39. The Morgan fingerprint density at radius 2 is 1.61 bits per heavy atom. The molecule has 8 heteroatoms. The molecule has 0 radical (unpaired) electrons. The average molecular weight is 292 g/mol. The zero-order valence-electron chi connectivity index (χ0n) is 10.6. The van der Waals surface area contributed by atoms with Crippen LogP contribution in [-0.4, -0.2) is 7.42 Å². The summed E-state index contributed by atoms with van der Waals surface area (Å²) in [5.41, 5.74) is 0. The highest BCUT2D eigenvalue weighted by Gasteiger charge is 2.23. The van der Waals surface area contributed by atoms with Crippen molar-refractivity contribution in [2.24, 2.45) is 5.92 Å². The second-order valence-corrected chi connectivity index (χ2v) is 3.37. The van der Waals surface area contributed by atoms with Gasteiger partial charge in [0.05, 0.1) is 5.92 Å². The predicted molar refractivity (Wildman–Crippen MR) is 60.4 cm³/mol. The maximum atomic E-state index is 13.0. The number of rotatable bonds is 2. The van der Waals surface area contributed by atoms with Gasteiger partial charge in [-0.25, -0.2) is 8.78 Å². The fourth-order valence-electron chi connectivity index (χ4n) is 0.859. The Kier molecular flexibility index (Phi) is 6.76. The maximum absolute atomic E-state index is 13.0. The van der Waals surface area contributed by atoms with Gasteiger partial charge in [0.1, 0.15) is 0 Å². The van der Waals surface area contributed by atoms with Crippen LogP contribution in [0.4, 0.5) is 22.3 Å². The van der Waals surface area contributed by atoms with Crippen molar-refractivity contribution in [1.82, 2.24) is 0 Å². The number of ether oxygens (including phenoxy) is 1. The Balaban J connectivity index is 0. The van der Waals surface area contributed by atoms with Crippen molar-refractivity contribution in [2.45, 2.75) is 13.8 Å². The third-order valence-electron chi connectivity index (χ3n) is 1.75. The largest absolute Gasteiger partial charge is 0.420 e. The molecule has 0 fully saturated rings. The van der Waals surface area contributed by atoms with E-state index in [0.717, 1.165) is 0 Å². The van der Waals surface area contributed by atoms with Crippen molar-refractivity contribution in [1.29, 1.82) is 1.45 Å². The first kappa shape index (κ1) is 16.8. The van der Waals surface area contributed by atoms with E-state index in [2.05, 4.69) is 6.19 Å². The van der Waals surface area contributed by atoms with Gasteiger partial charge in [-0.05, 0) is 0 Å². The van der Waals surface area contributed by atoms with E-state index in [9.17, 15) is 22.4 Å². The molecule has 0 N–H and O–H groups in total. The minimum absolute atomic E-state index is 0. The van der Waals surface area contributed by atoms with Gasteiger partial charge < -0.3 is 4.74 Å². The van der Waals surface area contributed by atoms with Crippen LogP contribution < -0.4 is 4.74 Å². The minimum Gasteiger partial charge on any atom is -0.420 e. The third kappa shape index (κ3) is 3.91. The maximum Gasteiger partial charge on any atom is 0.313 e. The Morgan fingerprint density at radius 3 is 1.94 bits per heavy atom. The Morgan fingerprint density at radius 1 is 1.22 bits per heavy atom. The lowest BCUT2D eigenvalue weighted by molar-refractivity contribution is -0.138. The molecule has 0 aliphatic heterocycles. The van der Waals surface area contributed by atoms with Crippen LogP contribution in [0.25, 0.3) is 0 Å². The smallest absolute Gasteiger partial charge is 0.313 e. The summed E-state index contributed by atoms with van der Waals surface area (Å²) < 4.78 is 68.6. The van der Waals surface area contributed by atoms with Gasteiger partial charge in [0.2, 0.25) is 17.4 Å². The van der Waals surface area contributed by atoms with Gasteiger partial charge in [-0.1, -0.05) is 13.8 Å². The van der Waals surface area contributed by atoms with Gasteiger partial charge in [-0.15, -0.1) is 0 Å². The van der Waals surface area contributed by atoms with Crippen molar-refractivity contribution in [3.05, 3.63) is 29.3 Å². The highest BCUT2D eigenvalue weighted by atomic mass is 31.0. The molecular formula is C10H12F5O2P. The summed E-state index contributed by atoms with van der Waals surface area (Å²) in [5, 5.41) is 0. The molecule has 2 nitrogen and oxygen atoms in total. The van der Waals surface area contributed by atoms with E-state index in [-0.39, 0.29) is 16.0 Å². The van der Waals surface area contributed by atoms with Crippen LogP contribution in [0.1, 0.15) is 13.8 Å². The summed E-state index contributed by atoms with van der Waals surface area (Å²) in [5.74, 6) is -9.71. The summed E-state index contributed by atoms with van der Waals surface area (Å²) in [4.78, 5) is 11.0. The van der Waals surface area contributed by atoms with Crippen molar-refractivity contribution < 1.29 is 31.8 Å². The van der Waals surface area contributed by atoms with Gasteiger partial charge in [-0.2, -0.15) is 18.7 Å². The standard InChI is InChI=1S/C10H8F4O2.FH.H3P/c1-4(2)10(15)16-9-7(13)5(11)3-6(12)8(9)14;;/h3-4H,1-2H3;1H;1H3/i/hT. The van der Waals surface area contributed by atoms with E-state index in [1.165, 1.54) is 13.8 Å². The molecule has 0 bridgehead atoms. The Bertz CT molecular complexity index is 416. The molecule has 1 aromatic rings. The first-order valence-electron chi connectivity index (χ1n) is 4.77. The molecule has 18 heavy (non-hydrogen) atoms. The van der Waals surface area contributed by atoms with Gasteiger partial charge in [0, 0.05) is 6.07 Å². The number of esters is 1. The number of carbonyl (C=O) groups excluding carboxylic acids is 1. The third-order valence-corrected chi connectivity index (χ3v) is 1.75.